The molecular formula is C20H38O4. The number of hydrogen-bond donors (Lipinski definition) is 0. The SMILES string of the molecule is CCCC(CCC1(C)OOC1C(C)(C)C)C1(C)OOC1C(C)(C)C. The Morgan fingerprint density at radius 2 is 1.38 bits per heavy atom. The van der Waals surface area contributed by atoms with E-state index < -0.39 is 0 Å². The molecule has 2 fully saturated rings. The minimum atomic E-state index is -0.216. The summed E-state index contributed by atoms with van der Waals surface area (Å²) in [6.45, 7) is 19.9. The molecular weight excluding hydrogens is 304 g/mol. The van der Waals surface area contributed by atoms with Crippen LogP contribution in [-0.4, -0.2) is 23.4 Å². The fourth-order valence-corrected chi connectivity index (χ4v) is 4.55. The van der Waals surface area contributed by atoms with Crippen LogP contribution in [0.5, 0.6) is 0 Å². The highest BCUT2D eigenvalue weighted by Crippen LogP contribution is 2.50. The summed E-state index contributed by atoms with van der Waals surface area (Å²) in [4.78, 5) is 22.3. The van der Waals surface area contributed by atoms with E-state index in [9.17, 15) is 0 Å². The summed E-state index contributed by atoms with van der Waals surface area (Å²) in [6, 6.07) is 0. The maximum Gasteiger partial charge on any atom is 0.133 e. The van der Waals surface area contributed by atoms with Crippen LogP contribution >= 0.6 is 0 Å². The minimum Gasteiger partial charge on any atom is -0.229 e. The van der Waals surface area contributed by atoms with Crippen LogP contribution in [-0.2, 0) is 19.6 Å². The Balaban J connectivity index is 2.05. The molecule has 0 amide bonds. The predicted octanol–water partition coefficient (Wildman–Crippen LogP) is 5.45. The molecule has 2 aliphatic rings. The van der Waals surface area contributed by atoms with Gasteiger partial charge in [-0.2, -0.15) is 0 Å². The normalized spacial score (nSPS) is 38.4. The third kappa shape index (κ3) is 3.67. The zero-order valence-electron chi connectivity index (χ0n) is 17.2. The van der Waals surface area contributed by atoms with Crippen molar-refractivity contribution in [3.05, 3.63) is 0 Å². The van der Waals surface area contributed by atoms with Gasteiger partial charge in [0, 0.05) is 0 Å². The molecule has 0 aromatic rings. The van der Waals surface area contributed by atoms with E-state index in [4.69, 9.17) is 19.6 Å². The van der Waals surface area contributed by atoms with Crippen LogP contribution < -0.4 is 0 Å². The molecule has 2 heterocycles. The van der Waals surface area contributed by atoms with Gasteiger partial charge in [-0.1, -0.05) is 54.9 Å². The molecule has 4 heteroatoms. The number of hydrogen-bond acceptors (Lipinski definition) is 4. The topological polar surface area (TPSA) is 36.9 Å². The number of rotatable bonds is 6. The Bertz CT molecular complexity index is 436. The highest BCUT2D eigenvalue weighted by Gasteiger charge is 2.58. The molecule has 5 atom stereocenters. The molecule has 0 aromatic heterocycles. The van der Waals surface area contributed by atoms with Gasteiger partial charge in [-0.25, -0.2) is 19.6 Å². The van der Waals surface area contributed by atoms with Gasteiger partial charge >= 0.3 is 0 Å². The maximum atomic E-state index is 5.71. The van der Waals surface area contributed by atoms with E-state index in [1.165, 1.54) is 0 Å². The first-order valence-electron chi connectivity index (χ1n) is 9.53. The van der Waals surface area contributed by atoms with Crippen LogP contribution in [0.1, 0.15) is 88.0 Å². The lowest BCUT2D eigenvalue weighted by molar-refractivity contribution is -0.536. The fourth-order valence-electron chi connectivity index (χ4n) is 4.55. The van der Waals surface area contributed by atoms with Crippen molar-refractivity contribution in [1.82, 2.24) is 0 Å². The average Bonchev–Trinajstić information content (AvgIpc) is 2.35. The molecule has 0 aromatic carbocycles. The molecule has 24 heavy (non-hydrogen) atoms. The van der Waals surface area contributed by atoms with E-state index in [0.717, 1.165) is 25.7 Å². The average molecular weight is 343 g/mol. The van der Waals surface area contributed by atoms with Crippen LogP contribution in [0.2, 0.25) is 0 Å². The fraction of sp³-hybridized carbons (Fsp3) is 1.00. The minimum absolute atomic E-state index is 0.0763. The molecule has 0 radical (unpaired) electrons. The summed E-state index contributed by atoms with van der Waals surface area (Å²) in [5, 5.41) is 0. The van der Waals surface area contributed by atoms with Gasteiger partial charge in [0.15, 0.2) is 0 Å². The largest absolute Gasteiger partial charge is 0.229 e. The Labute approximate surface area is 148 Å². The van der Waals surface area contributed by atoms with E-state index in [1.54, 1.807) is 0 Å². The maximum absolute atomic E-state index is 5.71. The van der Waals surface area contributed by atoms with Crippen molar-refractivity contribution in [3.8, 4) is 0 Å². The zero-order valence-corrected chi connectivity index (χ0v) is 17.2. The van der Waals surface area contributed by atoms with Gasteiger partial charge in [-0.15, -0.1) is 0 Å². The van der Waals surface area contributed by atoms with E-state index in [1.807, 2.05) is 0 Å². The molecule has 0 N–H and O–H groups in total. The lowest BCUT2D eigenvalue weighted by Crippen LogP contribution is -2.64. The van der Waals surface area contributed by atoms with Crippen LogP contribution in [0.3, 0.4) is 0 Å². The molecule has 0 spiro atoms. The van der Waals surface area contributed by atoms with Crippen molar-refractivity contribution in [1.29, 1.82) is 0 Å². The third-order valence-electron chi connectivity index (χ3n) is 5.74. The summed E-state index contributed by atoms with van der Waals surface area (Å²) in [7, 11) is 0. The molecule has 2 saturated heterocycles. The van der Waals surface area contributed by atoms with E-state index in [-0.39, 0.29) is 34.2 Å². The van der Waals surface area contributed by atoms with E-state index in [0.29, 0.717) is 5.92 Å². The Hall–Kier alpha value is -0.160. The first kappa shape index (κ1) is 20.2. The molecule has 4 nitrogen and oxygen atoms in total. The second-order valence-corrected chi connectivity index (χ2v) is 10.4. The predicted molar refractivity (Wildman–Crippen MR) is 95.3 cm³/mol. The van der Waals surface area contributed by atoms with Gasteiger partial charge in [0.25, 0.3) is 0 Å². The third-order valence-corrected chi connectivity index (χ3v) is 5.74. The summed E-state index contributed by atoms with van der Waals surface area (Å²) in [6.07, 6.45) is 4.60. The summed E-state index contributed by atoms with van der Waals surface area (Å²) in [5.74, 6) is 0.460. The van der Waals surface area contributed by atoms with Crippen molar-refractivity contribution in [2.45, 2.75) is 111 Å². The van der Waals surface area contributed by atoms with Gasteiger partial charge in [-0.05, 0) is 49.9 Å². The molecule has 5 unspecified atom stereocenters. The molecule has 0 aliphatic carbocycles. The van der Waals surface area contributed by atoms with Crippen molar-refractivity contribution >= 4 is 0 Å². The Morgan fingerprint density at radius 3 is 1.71 bits per heavy atom. The molecule has 2 aliphatic heterocycles. The van der Waals surface area contributed by atoms with Crippen LogP contribution in [0.15, 0.2) is 0 Å². The van der Waals surface area contributed by atoms with Crippen LogP contribution in [0, 0.1) is 16.7 Å². The lowest BCUT2D eigenvalue weighted by atomic mass is 9.68. The smallest absolute Gasteiger partial charge is 0.133 e. The zero-order chi connectivity index (χ0) is 18.4. The molecule has 142 valence electrons. The van der Waals surface area contributed by atoms with Crippen molar-refractivity contribution < 1.29 is 19.6 Å². The van der Waals surface area contributed by atoms with Crippen LogP contribution in [0.25, 0.3) is 0 Å². The van der Waals surface area contributed by atoms with Gasteiger partial charge in [-0.3, -0.25) is 0 Å². The standard InChI is InChI=1S/C20H38O4/c1-10-11-14(20(9)16(22-24-20)18(5,6)7)12-13-19(8)15(21-23-19)17(2,3)4/h14-16H,10-13H2,1-9H3. The van der Waals surface area contributed by atoms with Crippen LogP contribution in [0.4, 0.5) is 0 Å². The summed E-state index contributed by atoms with van der Waals surface area (Å²) in [5.41, 5.74) is -0.261. The first-order valence-corrected chi connectivity index (χ1v) is 9.53. The van der Waals surface area contributed by atoms with Gasteiger partial charge in [0.05, 0.1) is 0 Å². The van der Waals surface area contributed by atoms with Crippen molar-refractivity contribution in [3.63, 3.8) is 0 Å². The van der Waals surface area contributed by atoms with Gasteiger partial charge in [0.1, 0.15) is 23.4 Å². The quantitative estimate of drug-likeness (QED) is 0.601. The van der Waals surface area contributed by atoms with Crippen molar-refractivity contribution in [2.75, 3.05) is 0 Å². The van der Waals surface area contributed by atoms with E-state index in [2.05, 4.69) is 62.3 Å². The molecule has 0 saturated carbocycles. The first-order chi connectivity index (χ1) is 10.8. The van der Waals surface area contributed by atoms with Crippen molar-refractivity contribution in [2.24, 2.45) is 16.7 Å². The highest BCUT2D eigenvalue weighted by atomic mass is 17.3. The summed E-state index contributed by atoms with van der Waals surface area (Å²) >= 11 is 0. The Kier molecular flexibility index (Phi) is 5.49. The lowest BCUT2D eigenvalue weighted by Gasteiger charge is -2.55. The second kappa shape index (κ2) is 6.53. The van der Waals surface area contributed by atoms with Gasteiger partial charge < -0.3 is 0 Å². The summed E-state index contributed by atoms with van der Waals surface area (Å²) < 4.78 is 0. The second-order valence-electron chi connectivity index (χ2n) is 10.4. The van der Waals surface area contributed by atoms with Gasteiger partial charge in [0.2, 0.25) is 0 Å². The highest BCUT2D eigenvalue weighted by molar-refractivity contribution is 5.02. The Morgan fingerprint density at radius 1 is 0.833 bits per heavy atom. The van der Waals surface area contributed by atoms with E-state index >= 15 is 0 Å². The molecule has 2 rings (SSSR count). The molecule has 0 bridgehead atoms. The monoisotopic (exact) mass is 342 g/mol.